The van der Waals surface area contributed by atoms with E-state index >= 15 is 0 Å². The molecule has 1 N–H and O–H groups in total. The molecule has 0 rings (SSSR count). The largest absolute Gasteiger partial charge is 0.396 e. The van der Waals surface area contributed by atoms with Crippen molar-refractivity contribution in [2.75, 3.05) is 6.61 Å². The Morgan fingerprint density at radius 3 is 2.45 bits per heavy atom. The van der Waals surface area contributed by atoms with Gasteiger partial charge in [0.25, 0.3) is 0 Å². The van der Waals surface area contributed by atoms with Crippen molar-refractivity contribution in [3.63, 3.8) is 0 Å². The number of aliphatic hydroxyl groups is 1. The highest BCUT2D eigenvalue weighted by Crippen LogP contribution is 2.07. The maximum absolute atomic E-state index is 8.54. The Bertz CT molecular complexity index is 134. The molecule has 0 spiro atoms. The van der Waals surface area contributed by atoms with Crippen LogP contribution in [0.1, 0.15) is 33.1 Å². The molecule has 0 bridgehead atoms. The molecule has 0 aliphatic heterocycles. The Labute approximate surface area is 69.4 Å². The summed E-state index contributed by atoms with van der Waals surface area (Å²) in [6.07, 6.45) is 9.37. The van der Waals surface area contributed by atoms with Crippen molar-refractivity contribution in [1.29, 1.82) is 0 Å². The number of allylic oxidation sites excluding steroid dienone is 4. The second-order valence-corrected chi connectivity index (χ2v) is 2.54. The molecule has 0 atom stereocenters. The van der Waals surface area contributed by atoms with Crippen molar-refractivity contribution in [1.82, 2.24) is 0 Å². The highest BCUT2D eigenvalue weighted by atomic mass is 16.2. The molecule has 0 unspecified atom stereocenters. The molecule has 0 aliphatic carbocycles. The number of hydrogen-bond acceptors (Lipinski definition) is 1. The Morgan fingerprint density at radius 2 is 2.00 bits per heavy atom. The van der Waals surface area contributed by atoms with E-state index in [1.165, 1.54) is 5.57 Å². The summed E-state index contributed by atoms with van der Waals surface area (Å²) in [5.41, 5.74) is 1.36. The van der Waals surface area contributed by atoms with Crippen LogP contribution < -0.4 is 0 Å². The van der Waals surface area contributed by atoms with Gasteiger partial charge in [-0.15, -0.1) is 0 Å². The van der Waals surface area contributed by atoms with Crippen molar-refractivity contribution >= 4 is 0 Å². The van der Waals surface area contributed by atoms with Crippen molar-refractivity contribution in [2.45, 2.75) is 33.1 Å². The fraction of sp³-hybridized carbons (Fsp3) is 0.600. The Morgan fingerprint density at radius 1 is 1.27 bits per heavy atom. The predicted octanol–water partition coefficient (Wildman–Crippen LogP) is 2.67. The van der Waals surface area contributed by atoms with Gasteiger partial charge in [-0.25, -0.2) is 0 Å². The summed E-state index contributed by atoms with van der Waals surface area (Å²) in [7, 11) is 0. The molecule has 0 fully saturated rings. The summed E-state index contributed by atoms with van der Waals surface area (Å²) >= 11 is 0. The molecule has 1 nitrogen and oxygen atoms in total. The van der Waals surface area contributed by atoms with Crippen molar-refractivity contribution in [3.8, 4) is 0 Å². The van der Waals surface area contributed by atoms with Gasteiger partial charge in [-0.05, 0) is 33.1 Å². The highest BCUT2D eigenvalue weighted by molar-refractivity contribution is 5.16. The summed E-state index contributed by atoms with van der Waals surface area (Å²) in [6.45, 7) is 4.39. The van der Waals surface area contributed by atoms with Gasteiger partial charge in [0.05, 0.1) is 0 Å². The molecule has 11 heavy (non-hydrogen) atoms. The zero-order valence-corrected chi connectivity index (χ0v) is 7.51. The monoisotopic (exact) mass is 154 g/mol. The van der Waals surface area contributed by atoms with E-state index in [0.29, 0.717) is 6.61 Å². The zero-order chi connectivity index (χ0) is 8.53. The minimum Gasteiger partial charge on any atom is -0.396 e. The van der Waals surface area contributed by atoms with Crippen LogP contribution in [0.25, 0.3) is 0 Å². The minimum absolute atomic E-state index is 0.312. The highest BCUT2D eigenvalue weighted by Gasteiger charge is 1.90. The topological polar surface area (TPSA) is 20.2 Å². The van der Waals surface area contributed by atoms with E-state index in [-0.39, 0.29) is 0 Å². The van der Waals surface area contributed by atoms with Crippen LogP contribution >= 0.6 is 0 Å². The van der Waals surface area contributed by atoms with Crippen LogP contribution in [0.2, 0.25) is 0 Å². The second kappa shape index (κ2) is 7.55. The third kappa shape index (κ3) is 5.86. The van der Waals surface area contributed by atoms with Crippen LogP contribution in [-0.4, -0.2) is 11.7 Å². The van der Waals surface area contributed by atoms with Crippen molar-refractivity contribution in [3.05, 3.63) is 23.8 Å². The van der Waals surface area contributed by atoms with Crippen LogP contribution in [0.4, 0.5) is 0 Å². The Hall–Kier alpha value is -0.560. The first-order chi connectivity index (χ1) is 5.35. The van der Waals surface area contributed by atoms with E-state index in [9.17, 15) is 0 Å². The van der Waals surface area contributed by atoms with Gasteiger partial charge in [-0.2, -0.15) is 0 Å². The van der Waals surface area contributed by atoms with E-state index in [1.807, 2.05) is 19.9 Å². The summed E-state index contributed by atoms with van der Waals surface area (Å²) in [6, 6.07) is 0. The standard InChI is InChI=1S/C10H18O/c1-3-7-10(4-2)8-5-6-9-11/h3-4,7,11H,5-6,8-9H2,1-2H3. The van der Waals surface area contributed by atoms with Crippen LogP contribution in [-0.2, 0) is 0 Å². The first-order valence-corrected chi connectivity index (χ1v) is 4.24. The second-order valence-electron chi connectivity index (χ2n) is 2.54. The lowest BCUT2D eigenvalue weighted by Crippen LogP contribution is -1.84. The number of hydrogen-bond donors (Lipinski definition) is 1. The molecule has 0 saturated heterocycles. The van der Waals surface area contributed by atoms with E-state index in [1.54, 1.807) is 0 Å². The first kappa shape index (κ1) is 10.4. The van der Waals surface area contributed by atoms with Gasteiger partial charge in [0, 0.05) is 6.61 Å². The normalized spacial score (nSPS) is 12.8. The molecule has 0 amide bonds. The van der Waals surface area contributed by atoms with Gasteiger partial charge in [0.2, 0.25) is 0 Å². The number of unbranched alkanes of at least 4 members (excludes halogenated alkanes) is 1. The molecule has 0 radical (unpaired) electrons. The number of aliphatic hydroxyl groups excluding tert-OH is 1. The third-order valence-electron chi connectivity index (χ3n) is 1.63. The lowest BCUT2D eigenvalue weighted by molar-refractivity contribution is 0.285. The van der Waals surface area contributed by atoms with Gasteiger partial charge in [0.1, 0.15) is 0 Å². The summed E-state index contributed by atoms with van der Waals surface area (Å²) < 4.78 is 0. The van der Waals surface area contributed by atoms with Crippen LogP contribution in [0.15, 0.2) is 23.8 Å². The summed E-state index contributed by atoms with van der Waals surface area (Å²) in [5.74, 6) is 0. The van der Waals surface area contributed by atoms with Gasteiger partial charge < -0.3 is 5.11 Å². The van der Waals surface area contributed by atoms with E-state index in [4.69, 9.17) is 5.11 Å². The van der Waals surface area contributed by atoms with Crippen LogP contribution in [0.3, 0.4) is 0 Å². The van der Waals surface area contributed by atoms with Gasteiger partial charge in [-0.1, -0.05) is 23.8 Å². The van der Waals surface area contributed by atoms with Gasteiger partial charge in [0.15, 0.2) is 0 Å². The van der Waals surface area contributed by atoms with Crippen LogP contribution in [0.5, 0.6) is 0 Å². The first-order valence-electron chi connectivity index (χ1n) is 4.24. The molecular formula is C10H18O. The predicted molar refractivity (Wildman–Crippen MR) is 49.5 cm³/mol. The summed E-state index contributed by atoms with van der Waals surface area (Å²) in [4.78, 5) is 0. The average Bonchev–Trinajstić information content (AvgIpc) is 2.03. The Kier molecular flexibility index (Phi) is 7.16. The number of rotatable bonds is 5. The smallest absolute Gasteiger partial charge is 0.0431 e. The van der Waals surface area contributed by atoms with E-state index in [2.05, 4.69) is 12.2 Å². The molecule has 0 aliphatic rings. The maximum atomic E-state index is 8.54. The van der Waals surface area contributed by atoms with E-state index < -0.39 is 0 Å². The fourth-order valence-corrected chi connectivity index (χ4v) is 0.979. The van der Waals surface area contributed by atoms with Crippen LogP contribution in [0, 0.1) is 0 Å². The quantitative estimate of drug-likeness (QED) is 0.477. The minimum atomic E-state index is 0.312. The van der Waals surface area contributed by atoms with Crippen molar-refractivity contribution < 1.29 is 5.11 Å². The Balaban J connectivity index is 3.54. The molecule has 0 heterocycles. The summed E-state index contributed by atoms with van der Waals surface area (Å²) in [5, 5.41) is 8.54. The zero-order valence-electron chi connectivity index (χ0n) is 7.51. The molecule has 0 aromatic carbocycles. The molecule has 0 aromatic heterocycles. The molecular weight excluding hydrogens is 136 g/mol. The van der Waals surface area contributed by atoms with Crippen molar-refractivity contribution in [2.24, 2.45) is 0 Å². The lowest BCUT2D eigenvalue weighted by Gasteiger charge is -1.98. The third-order valence-corrected chi connectivity index (χ3v) is 1.63. The van der Waals surface area contributed by atoms with Gasteiger partial charge >= 0.3 is 0 Å². The molecule has 0 aromatic rings. The molecule has 64 valence electrons. The SMILES string of the molecule is CC=CC(=CC)CCCCO. The molecule has 0 saturated carbocycles. The van der Waals surface area contributed by atoms with Gasteiger partial charge in [-0.3, -0.25) is 0 Å². The van der Waals surface area contributed by atoms with E-state index in [0.717, 1.165) is 19.3 Å². The molecule has 1 heteroatoms. The lowest BCUT2D eigenvalue weighted by atomic mass is 10.1. The maximum Gasteiger partial charge on any atom is 0.0431 e. The average molecular weight is 154 g/mol. The fourth-order valence-electron chi connectivity index (χ4n) is 0.979.